The Kier molecular flexibility index (Phi) is 5.18. The molecule has 2 aromatic heterocycles. The van der Waals surface area contributed by atoms with Gasteiger partial charge in [-0.05, 0) is 36.2 Å². The van der Waals surface area contributed by atoms with E-state index in [-0.39, 0.29) is 11.7 Å². The molecule has 2 heterocycles. The fourth-order valence-electron chi connectivity index (χ4n) is 3.33. The molecule has 0 aliphatic heterocycles. The topological polar surface area (TPSA) is 85.8 Å². The molecule has 6 nitrogen and oxygen atoms in total. The largest absolute Gasteiger partial charge is 0.364 e. The zero-order chi connectivity index (χ0) is 20.4. The molecule has 0 saturated carbocycles. The molecule has 2 aromatic carbocycles. The van der Waals surface area contributed by atoms with Gasteiger partial charge in [0.2, 0.25) is 5.95 Å². The highest BCUT2D eigenvalue weighted by Gasteiger charge is 2.19. The van der Waals surface area contributed by atoms with Crippen molar-refractivity contribution in [3.63, 3.8) is 0 Å². The molecule has 0 aliphatic rings. The highest BCUT2D eigenvalue weighted by molar-refractivity contribution is 6.31. The van der Waals surface area contributed by atoms with Crippen molar-refractivity contribution in [1.82, 2.24) is 14.5 Å². The Balaban J connectivity index is 1.78. The highest BCUT2D eigenvalue weighted by Crippen LogP contribution is 2.29. The number of amides is 1. The Labute approximate surface area is 173 Å². The summed E-state index contributed by atoms with van der Waals surface area (Å²) >= 11 is 6.29. The quantitative estimate of drug-likeness (QED) is 0.497. The first kappa shape index (κ1) is 19.0. The lowest BCUT2D eigenvalue weighted by molar-refractivity contribution is 0.0996. The van der Waals surface area contributed by atoms with Crippen LogP contribution < -0.4 is 11.1 Å². The molecule has 0 radical (unpaired) electrons. The summed E-state index contributed by atoms with van der Waals surface area (Å²) < 4.78 is 2.07. The number of rotatable bonds is 6. The van der Waals surface area contributed by atoms with E-state index in [4.69, 9.17) is 17.3 Å². The van der Waals surface area contributed by atoms with Gasteiger partial charge in [-0.3, -0.25) is 4.79 Å². The van der Waals surface area contributed by atoms with E-state index < -0.39 is 5.91 Å². The van der Waals surface area contributed by atoms with Gasteiger partial charge in [-0.1, -0.05) is 60.1 Å². The number of aromatic nitrogens is 3. The van der Waals surface area contributed by atoms with E-state index in [9.17, 15) is 4.79 Å². The molecular weight excluding hydrogens is 386 g/mol. The molecular formula is C22H20ClN5O. The van der Waals surface area contributed by atoms with Gasteiger partial charge < -0.3 is 15.6 Å². The lowest BCUT2D eigenvalue weighted by Gasteiger charge is -2.19. The van der Waals surface area contributed by atoms with Crippen molar-refractivity contribution in [3.8, 4) is 0 Å². The standard InChI is InChI=1S/C22H20ClN5O/c1-14(15-7-3-2-4-8-15)28-19-12-11-18(20(24)29)26-21(19)27-22(28)25-13-16-9-5-6-10-17(16)23/h2-12,14H,13H2,1H3,(H2,24,29)(H,25,26,27)/t14-/m0/s1. The average Bonchev–Trinajstić information content (AvgIpc) is 3.10. The Hall–Kier alpha value is -3.38. The number of hydrogen-bond donors (Lipinski definition) is 2. The summed E-state index contributed by atoms with van der Waals surface area (Å²) in [7, 11) is 0. The van der Waals surface area contributed by atoms with Crippen molar-refractivity contribution in [2.24, 2.45) is 5.73 Å². The van der Waals surface area contributed by atoms with Gasteiger partial charge in [0.15, 0.2) is 5.65 Å². The lowest BCUT2D eigenvalue weighted by Crippen LogP contribution is -2.13. The first-order valence-corrected chi connectivity index (χ1v) is 9.63. The normalized spacial score (nSPS) is 12.1. The second kappa shape index (κ2) is 7.93. The lowest BCUT2D eigenvalue weighted by atomic mass is 10.1. The monoisotopic (exact) mass is 405 g/mol. The number of primary amides is 1. The van der Waals surface area contributed by atoms with Crippen molar-refractivity contribution in [2.75, 3.05) is 5.32 Å². The molecule has 7 heteroatoms. The van der Waals surface area contributed by atoms with E-state index in [2.05, 4.69) is 38.9 Å². The van der Waals surface area contributed by atoms with Crippen LogP contribution >= 0.6 is 11.6 Å². The maximum atomic E-state index is 11.5. The predicted octanol–water partition coefficient (Wildman–Crippen LogP) is 4.41. The molecule has 0 aliphatic carbocycles. The minimum Gasteiger partial charge on any atom is -0.364 e. The molecule has 1 amide bonds. The predicted molar refractivity (Wildman–Crippen MR) is 115 cm³/mol. The van der Waals surface area contributed by atoms with E-state index in [1.165, 1.54) is 0 Å². The number of fused-ring (bicyclic) bond motifs is 1. The molecule has 146 valence electrons. The maximum absolute atomic E-state index is 11.5. The van der Waals surface area contributed by atoms with Gasteiger partial charge in [-0.2, -0.15) is 4.98 Å². The number of nitrogens with zero attached hydrogens (tertiary/aromatic N) is 3. The number of nitrogens with two attached hydrogens (primary N) is 1. The summed E-state index contributed by atoms with van der Waals surface area (Å²) in [5, 5.41) is 4.06. The maximum Gasteiger partial charge on any atom is 0.267 e. The summed E-state index contributed by atoms with van der Waals surface area (Å²) in [4.78, 5) is 20.5. The van der Waals surface area contributed by atoms with Gasteiger partial charge in [-0.25, -0.2) is 4.98 Å². The van der Waals surface area contributed by atoms with Crippen LogP contribution in [0.25, 0.3) is 11.2 Å². The number of nitrogens with one attached hydrogen (secondary N) is 1. The van der Waals surface area contributed by atoms with Crippen LogP contribution in [0.5, 0.6) is 0 Å². The molecule has 0 unspecified atom stereocenters. The molecule has 29 heavy (non-hydrogen) atoms. The van der Waals surface area contributed by atoms with Crippen molar-refractivity contribution >= 4 is 34.6 Å². The molecule has 4 aromatic rings. The number of hydrogen-bond acceptors (Lipinski definition) is 4. The molecule has 0 fully saturated rings. The molecule has 1 atom stereocenters. The van der Waals surface area contributed by atoms with Gasteiger partial charge in [0, 0.05) is 11.6 Å². The number of benzene rings is 2. The minimum atomic E-state index is -0.580. The van der Waals surface area contributed by atoms with Crippen molar-refractivity contribution in [3.05, 3.63) is 88.6 Å². The van der Waals surface area contributed by atoms with Gasteiger partial charge in [0.05, 0.1) is 11.6 Å². The summed E-state index contributed by atoms with van der Waals surface area (Å²) in [6, 6.07) is 21.2. The summed E-state index contributed by atoms with van der Waals surface area (Å²) in [5.41, 5.74) is 8.94. The van der Waals surface area contributed by atoms with Gasteiger partial charge in [0.25, 0.3) is 5.91 Å². The van der Waals surface area contributed by atoms with Crippen LogP contribution in [0.4, 0.5) is 5.95 Å². The van der Waals surface area contributed by atoms with Crippen LogP contribution in [-0.4, -0.2) is 20.4 Å². The first-order chi connectivity index (χ1) is 14.0. The summed E-state index contributed by atoms with van der Waals surface area (Å²) in [5.74, 6) is 0.0635. The number of pyridine rings is 1. The molecule has 4 rings (SSSR count). The molecule has 0 spiro atoms. The van der Waals surface area contributed by atoms with E-state index in [0.29, 0.717) is 23.2 Å². The second-order valence-electron chi connectivity index (χ2n) is 6.74. The van der Waals surface area contributed by atoms with E-state index >= 15 is 0 Å². The first-order valence-electron chi connectivity index (χ1n) is 9.25. The molecule has 0 bridgehead atoms. The van der Waals surface area contributed by atoms with Gasteiger partial charge >= 0.3 is 0 Å². The van der Waals surface area contributed by atoms with Gasteiger partial charge in [0.1, 0.15) is 5.69 Å². The Morgan fingerprint density at radius 3 is 2.52 bits per heavy atom. The Morgan fingerprint density at radius 2 is 1.79 bits per heavy atom. The van der Waals surface area contributed by atoms with E-state index in [1.54, 1.807) is 6.07 Å². The Morgan fingerprint density at radius 1 is 1.07 bits per heavy atom. The molecule has 0 saturated heterocycles. The number of halogens is 1. The summed E-state index contributed by atoms with van der Waals surface area (Å²) in [6.45, 7) is 2.60. The third-order valence-electron chi connectivity index (χ3n) is 4.87. The SMILES string of the molecule is C[C@@H](c1ccccc1)n1c(NCc2ccccc2Cl)nc2nc(C(N)=O)ccc21. The highest BCUT2D eigenvalue weighted by atomic mass is 35.5. The van der Waals surface area contributed by atoms with Crippen molar-refractivity contribution in [1.29, 1.82) is 0 Å². The van der Waals surface area contributed by atoms with Crippen molar-refractivity contribution in [2.45, 2.75) is 19.5 Å². The van der Waals surface area contributed by atoms with Crippen LogP contribution in [0, 0.1) is 0 Å². The van der Waals surface area contributed by atoms with Crippen LogP contribution in [0.15, 0.2) is 66.7 Å². The van der Waals surface area contributed by atoms with Crippen LogP contribution in [0.1, 0.15) is 34.6 Å². The van der Waals surface area contributed by atoms with E-state index in [0.717, 1.165) is 16.6 Å². The van der Waals surface area contributed by atoms with E-state index in [1.807, 2.05) is 48.5 Å². The summed E-state index contributed by atoms with van der Waals surface area (Å²) in [6.07, 6.45) is 0. The Bertz CT molecular complexity index is 1170. The van der Waals surface area contributed by atoms with Crippen molar-refractivity contribution < 1.29 is 4.79 Å². The zero-order valence-corrected chi connectivity index (χ0v) is 16.6. The number of anilines is 1. The minimum absolute atomic E-state index is 0.00354. The third kappa shape index (κ3) is 3.79. The van der Waals surface area contributed by atoms with Crippen LogP contribution in [-0.2, 0) is 6.54 Å². The number of carbonyl (C=O) groups is 1. The number of imidazole rings is 1. The molecule has 3 N–H and O–H groups in total. The fraction of sp³-hybridized carbons (Fsp3) is 0.136. The zero-order valence-electron chi connectivity index (χ0n) is 15.8. The van der Waals surface area contributed by atoms with Crippen LogP contribution in [0.2, 0.25) is 5.02 Å². The number of carbonyl (C=O) groups excluding carboxylic acids is 1. The second-order valence-corrected chi connectivity index (χ2v) is 7.15. The van der Waals surface area contributed by atoms with Gasteiger partial charge in [-0.15, -0.1) is 0 Å². The van der Waals surface area contributed by atoms with Crippen LogP contribution in [0.3, 0.4) is 0 Å². The fourth-order valence-corrected chi connectivity index (χ4v) is 3.53. The third-order valence-corrected chi connectivity index (χ3v) is 5.24. The average molecular weight is 406 g/mol. The smallest absolute Gasteiger partial charge is 0.267 e.